The zero-order chi connectivity index (χ0) is 24.6. The second-order valence-electron chi connectivity index (χ2n) is 9.60. The van der Waals surface area contributed by atoms with Crippen LogP contribution in [0.4, 0.5) is 5.82 Å². The molecule has 2 aromatic carbocycles. The number of benzene rings is 2. The van der Waals surface area contributed by atoms with Crippen molar-refractivity contribution < 1.29 is 9.90 Å². The van der Waals surface area contributed by atoms with Crippen LogP contribution in [0.15, 0.2) is 67.0 Å². The number of amides is 1. The van der Waals surface area contributed by atoms with Crippen LogP contribution in [-0.2, 0) is 0 Å². The summed E-state index contributed by atoms with van der Waals surface area (Å²) in [5.41, 5.74) is 10.5. The van der Waals surface area contributed by atoms with E-state index in [1.165, 1.54) is 6.07 Å². The van der Waals surface area contributed by atoms with Gasteiger partial charge in [-0.3, -0.25) is 9.20 Å². The minimum atomic E-state index is -0.154. The van der Waals surface area contributed by atoms with Gasteiger partial charge in [-0.25, -0.2) is 9.97 Å². The standard InChI is InChI=1S/C28H28N6O2/c29-26-25-24(23-15-19-4-1-2-7-22(19)32-23)33-27(34(25)13-12-30-26)18-10-8-17(9-11-18)16-31-28(36)20-5-3-6-21(35)14-20/h1-7,12-15,17-18,32,35H,8-11,16H2,(H2,29,30)(H,31,36)/t17-,18-. The Kier molecular flexibility index (Phi) is 5.56. The topological polar surface area (TPSA) is 121 Å². The van der Waals surface area contributed by atoms with E-state index in [-0.39, 0.29) is 11.7 Å². The fraction of sp³-hybridized carbons (Fsp3) is 0.250. The lowest BCUT2D eigenvalue weighted by molar-refractivity contribution is 0.0942. The molecule has 1 aliphatic carbocycles. The first-order valence-electron chi connectivity index (χ1n) is 12.3. The highest BCUT2D eigenvalue weighted by Crippen LogP contribution is 2.38. The van der Waals surface area contributed by atoms with Gasteiger partial charge >= 0.3 is 0 Å². The van der Waals surface area contributed by atoms with Gasteiger partial charge in [0, 0.05) is 41.3 Å². The van der Waals surface area contributed by atoms with Gasteiger partial charge in [0.15, 0.2) is 0 Å². The van der Waals surface area contributed by atoms with E-state index < -0.39 is 0 Å². The molecule has 36 heavy (non-hydrogen) atoms. The lowest BCUT2D eigenvalue weighted by Crippen LogP contribution is -2.31. The lowest BCUT2D eigenvalue weighted by Gasteiger charge is -2.28. The molecule has 1 amide bonds. The molecule has 1 fully saturated rings. The number of nitrogens with zero attached hydrogens (tertiary/aromatic N) is 3. The van der Waals surface area contributed by atoms with E-state index in [1.54, 1.807) is 24.4 Å². The first-order chi connectivity index (χ1) is 17.6. The molecule has 5 aromatic rings. The molecule has 8 nitrogen and oxygen atoms in total. The molecule has 0 spiro atoms. The van der Waals surface area contributed by atoms with Gasteiger partial charge in [0.1, 0.15) is 28.6 Å². The van der Waals surface area contributed by atoms with E-state index in [2.05, 4.69) is 37.9 Å². The zero-order valence-electron chi connectivity index (χ0n) is 19.8. The lowest BCUT2D eigenvalue weighted by atomic mass is 9.81. The Bertz CT molecular complexity index is 1530. The van der Waals surface area contributed by atoms with Gasteiger partial charge in [0.2, 0.25) is 0 Å². The molecule has 0 atom stereocenters. The Balaban J connectivity index is 1.20. The number of aromatic nitrogens is 4. The number of nitrogen functional groups attached to an aromatic ring is 1. The molecule has 1 saturated carbocycles. The van der Waals surface area contributed by atoms with Gasteiger partial charge in [-0.2, -0.15) is 0 Å². The van der Waals surface area contributed by atoms with Crippen molar-refractivity contribution in [1.82, 2.24) is 24.7 Å². The highest BCUT2D eigenvalue weighted by atomic mass is 16.3. The zero-order valence-corrected chi connectivity index (χ0v) is 19.8. The van der Waals surface area contributed by atoms with E-state index in [0.717, 1.165) is 59.3 Å². The molecule has 0 aliphatic heterocycles. The van der Waals surface area contributed by atoms with Crippen LogP contribution in [0.5, 0.6) is 5.75 Å². The van der Waals surface area contributed by atoms with Crippen molar-refractivity contribution in [3.8, 4) is 17.1 Å². The number of H-pyrrole nitrogens is 1. The number of phenolic OH excluding ortho intramolecular Hbond substituents is 1. The number of nitrogens with two attached hydrogens (primary N) is 1. The number of hydrogen-bond acceptors (Lipinski definition) is 5. The average molecular weight is 481 g/mol. The molecule has 8 heteroatoms. The number of rotatable bonds is 5. The molecular weight excluding hydrogens is 452 g/mol. The Labute approximate surface area is 208 Å². The predicted molar refractivity (Wildman–Crippen MR) is 140 cm³/mol. The normalized spacial score (nSPS) is 18.0. The quantitative estimate of drug-likeness (QED) is 0.286. The van der Waals surface area contributed by atoms with Crippen molar-refractivity contribution in [2.75, 3.05) is 12.3 Å². The van der Waals surface area contributed by atoms with E-state index in [1.807, 2.05) is 18.3 Å². The Morgan fingerprint density at radius 1 is 1.11 bits per heavy atom. The Morgan fingerprint density at radius 3 is 2.75 bits per heavy atom. The number of carbonyl (C=O) groups excluding carboxylic acids is 1. The van der Waals surface area contributed by atoms with Gasteiger partial charge in [-0.05, 0) is 61.9 Å². The van der Waals surface area contributed by atoms with Crippen LogP contribution in [0.2, 0.25) is 0 Å². The molecule has 0 saturated heterocycles. The Hall–Kier alpha value is -4.33. The van der Waals surface area contributed by atoms with E-state index in [9.17, 15) is 9.90 Å². The molecular formula is C28H28N6O2. The largest absolute Gasteiger partial charge is 0.508 e. The molecule has 5 N–H and O–H groups in total. The number of aromatic amines is 1. The molecule has 0 unspecified atom stereocenters. The highest BCUT2D eigenvalue weighted by molar-refractivity contribution is 5.94. The van der Waals surface area contributed by atoms with Crippen LogP contribution in [-0.4, -0.2) is 36.9 Å². The number of anilines is 1. The first kappa shape index (κ1) is 22.2. The third kappa shape index (κ3) is 4.04. The first-order valence-corrected chi connectivity index (χ1v) is 12.3. The number of para-hydroxylation sites is 1. The fourth-order valence-electron chi connectivity index (χ4n) is 5.37. The van der Waals surface area contributed by atoms with Crippen LogP contribution >= 0.6 is 0 Å². The molecule has 3 aromatic heterocycles. The van der Waals surface area contributed by atoms with Crippen molar-refractivity contribution in [2.45, 2.75) is 31.6 Å². The summed E-state index contributed by atoms with van der Waals surface area (Å²) in [6, 6.07) is 16.7. The SMILES string of the molecule is Nc1nccn2c1c(-c1cc3ccccc3[nH]1)nc2[C@H]1CC[C@H](CNC(=O)c2cccc(O)c2)CC1. The van der Waals surface area contributed by atoms with Gasteiger partial charge in [0.05, 0.1) is 5.69 Å². The summed E-state index contributed by atoms with van der Waals surface area (Å²) in [6.45, 7) is 0.626. The van der Waals surface area contributed by atoms with Crippen molar-refractivity contribution >= 4 is 28.1 Å². The summed E-state index contributed by atoms with van der Waals surface area (Å²) in [5, 5.41) is 13.8. The van der Waals surface area contributed by atoms with Gasteiger partial charge in [-0.1, -0.05) is 24.3 Å². The van der Waals surface area contributed by atoms with Gasteiger partial charge < -0.3 is 21.1 Å². The summed E-state index contributed by atoms with van der Waals surface area (Å²) in [5.74, 6) is 2.13. The Morgan fingerprint density at radius 2 is 1.94 bits per heavy atom. The third-order valence-corrected chi connectivity index (χ3v) is 7.27. The second kappa shape index (κ2) is 9.03. The maximum absolute atomic E-state index is 12.4. The molecule has 0 bridgehead atoms. The van der Waals surface area contributed by atoms with Crippen molar-refractivity contribution in [3.05, 3.63) is 78.4 Å². The highest BCUT2D eigenvalue weighted by Gasteiger charge is 2.28. The second-order valence-corrected chi connectivity index (χ2v) is 9.60. The molecule has 3 heterocycles. The number of carbonyl (C=O) groups is 1. The monoisotopic (exact) mass is 480 g/mol. The van der Waals surface area contributed by atoms with Crippen LogP contribution in [0.3, 0.4) is 0 Å². The van der Waals surface area contributed by atoms with Crippen LogP contribution in [0.25, 0.3) is 27.8 Å². The smallest absolute Gasteiger partial charge is 0.251 e. The summed E-state index contributed by atoms with van der Waals surface area (Å²) >= 11 is 0. The summed E-state index contributed by atoms with van der Waals surface area (Å²) in [7, 11) is 0. The van der Waals surface area contributed by atoms with E-state index >= 15 is 0 Å². The molecule has 1 aliphatic rings. The van der Waals surface area contributed by atoms with Crippen LogP contribution in [0.1, 0.15) is 47.8 Å². The van der Waals surface area contributed by atoms with Crippen molar-refractivity contribution in [2.24, 2.45) is 5.92 Å². The minimum absolute atomic E-state index is 0.0951. The number of fused-ring (bicyclic) bond motifs is 2. The average Bonchev–Trinajstić information content (AvgIpc) is 3.50. The molecule has 182 valence electrons. The number of hydrogen-bond donors (Lipinski definition) is 4. The summed E-state index contributed by atoms with van der Waals surface area (Å²) in [4.78, 5) is 25.4. The van der Waals surface area contributed by atoms with Gasteiger partial charge in [-0.15, -0.1) is 0 Å². The minimum Gasteiger partial charge on any atom is -0.508 e. The van der Waals surface area contributed by atoms with Crippen molar-refractivity contribution in [1.29, 1.82) is 0 Å². The third-order valence-electron chi connectivity index (χ3n) is 7.27. The van der Waals surface area contributed by atoms with E-state index in [0.29, 0.717) is 29.8 Å². The predicted octanol–water partition coefficient (Wildman–Crippen LogP) is 4.87. The summed E-state index contributed by atoms with van der Waals surface area (Å²) in [6.07, 6.45) is 7.65. The van der Waals surface area contributed by atoms with Gasteiger partial charge in [0.25, 0.3) is 5.91 Å². The number of imidazole rings is 1. The number of phenols is 1. The molecule has 6 rings (SSSR count). The van der Waals surface area contributed by atoms with Crippen molar-refractivity contribution in [3.63, 3.8) is 0 Å². The van der Waals surface area contributed by atoms with Crippen LogP contribution < -0.4 is 11.1 Å². The maximum Gasteiger partial charge on any atom is 0.251 e. The fourth-order valence-corrected chi connectivity index (χ4v) is 5.37. The summed E-state index contributed by atoms with van der Waals surface area (Å²) < 4.78 is 2.10. The van der Waals surface area contributed by atoms with E-state index in [4.69, 9.17) is 10.7 Å². The number of aromatic hydroxyl groups is 1. The van der Waals surface area contributed by atoms with Crippen LogP contribution in [0, 0.1) is 5.92 Å². The number of nitrogens with one attached hydrogen (secondary N) is 2. The maximum atomic E-state index is 12.4. The molecule has 0 radical (unpaired) electrons.